The zero-order chi connectivity index (χ0) is 17.9. The molecular weight excluding hydrogens is 294 g/mol. The van der Waals surface area contributed by atoms with Gasteiger partial charge in [0.25, 0.3) is 0 Å². The van der Waals surface area contributed by atoms with Crippen molar-refractivity contribution in [1.82, 2.24) is 10.2 Å². The topological polar surface area (TPSA) is 27.6 Å². The quantitative estimate of drug-likeness (QED) is 0.212. The van der Waals surface area contributed by atoms with Crippen molar-refractivity contribution in [2.75, 3.05) is 26.2 Å². The van der Waals surface area contributed by atoms with Crippen LogP contribution in [0.2, 0.25) is 0 Å². The van der Waals surface area contributed by atoms with Gasteiger partial charge >= 0.3 is 0 Å². The van der Waals surface area contributed by atoms with E-state index >= 15 is 0 Å². The Morgan fingerprint density at radius 3 is 1.71 bits per heavy atom. The van der Waals surface area contributed by atoms with Crippen molar-refractivity contribution in [3.05, 3.63) is 0 Å². The molecule has 0 heterocycles. The number of rotatable bonds is 16. The first-order valence-corrected chi connectivity index (χ1v) is 10.8. The molecule has 0 aromatic heterocycles. The zero-order valence-electron chi connectivity index (χ0n) is 17.2. The lowest BCUT2D eigenvalue weighted by atomic mass is 10.2. The maximum Gasteiger partial charge on any atom is 0.193 e. The molecule has 0 aromatic rings. The van der Waals surface area contributed by atoms with Crippen LogP contribution in [0.1, 0.15) is 105 Å². The van der Waals surface area contributed by atoms with Gasteiger partial charge in [0.1, 0.15) is 0 Å². The average molecular weight is 340 g/mol. The molecule has 1 N–H and O–H groups in total. The van der Waals surface area contributed by atoms with Crippen molar-refractivity contribution in [2.45, 2.75) is 105 Å². The second-order valence-electron chi connectivity index (χ2n) is 6.95. The molecule has 0 aliphatic carbocycles. The Balaban J connectivity index is 4.63. The molecule has 3 heteroatoms. The van der Waals surface area contributed by atoms with E-state index in [-0.39, 0.29) is 0 Å². The summed E-state index contributed by atoms with van der Waals surface area (Å²) >= 11 is 0. The second kappa shape index (κ2) is 18.6. The molecule has 0 radical (unpaired) electrons. The molecule has 3 nitrogen and oxygen atoms in total. The highest BCUT2D eigenvalue weighted by Gasteiger charge is 2.10. The Kier molecular flexibility index (Phi) is 18.0. The summed E-state index contributed by atoms with van der Waals surface area (Å²) < 4.78 is 0. The van der Waals surface area contributed by atoms with Gasteiger partial charge in [-0.3, -0.25) is 4.99 Å². The maximum absolute atomic E-state index is 4.95. The number of hydrogen-bond donors (Lipinski definition) is 1. The van der Waals surface area contributed by atoms with E-state index in [0.717, 1.165) is 26.2 Å². The number of unbranched alkanes of at least 4 members (excludes halogenated alkanes) is 8. The summed E-state index contributed by atoms with van der Waals surface area (Å²) in [5.41, 5.74) is 0. The second-order valence-corrected chi connectivity index (χ2v) is 6.95. The first kappa shape index (κ1) is 23.3. The van der Waals surface area contributed by atoms with Crippen LogP contribution in [0.3, 0.4) is 0 Å². The molecule has 0 aliphatic heterocycles. The first-order chi connectivity index (χ1) is 11.8. The van der Waals surface area contributed by atoms with E-state index in [4.69, 9.17) is 4.99 Å². The van der Waals surface area contributed by atoms with Gasteiger partial charge in [-0.15, -0.1) is 0 Å². The zero-order valence-corrected chi connectivity index (χ0v) is 17.2. The molecule has 0 bridgehead atoms. The molecule has 144 valence electrons. The Hall–Kier alpha value is -0.730. The van der Waals surface area contributed by atoms with Gasteiger partial charge in [0.2, 0.25) is 0 Å². The largest absolute Gasteiger partial charge is 0.356 e. The van der Waals surface area contributed by atoms with E-state index in [1.807, 2.05) is 0 Å². The molecule has 0 atom stereocenters. The third kappa shape index (κ3) is 13.7. The summed E-state index contributed by atoms with van der Waals surface area (Å²) in [6, 6.07) is 0. The maximum atomic E-state index is 4.95. The van der Waals surface area contributed by atoms with Crippen LogP contribution < -0.4 is 5.32 Å². The smallest absolute Gasteiger partial charge is 0.193 e. The molecule has 0 aliphatic rings. The molecule has 0 fully saturated rings. The van der Waals surface area contributed by atoms with Crippen molar-refractivity contribution in [3.8, 4) is 0 Å². The van der Waals surface area contributed by atoms with Gasteiger partial charge in [0, 0.05) is 26.2 Å². The molecule has 0 spiro atoms. The standard InChI is InChI=1S/C21H45N3/c1-5-9-13-17-22-21(23-18-14-10-6-2)24(19-15-11-7-3)20-16-12-8-4/h5-20H2,1-4H3,(H,22,23). The van der Waals surface area contributed by atoms with Crippen molar-refractivity contribution >= 4 is 5.96 Å². The van der Waals surface area contributed by atoms with Gasteiger partial charge < -0.3 is 10.2 Å². The predicted octanol–water partition coefficient (Wildman–Crippen LogP) is 5.99. The van der Waals surface area contributed by atoms with Crippen LogP contribution in [0.15, 0.2) is 4.99 Å². The molecule has 0 rings (SSSR count). The van der Waals surface area contributed by atoms with Crippen LogP contribution in [0.25, 0.3) is 0 Å². The van der Waals surface area contributed by atoms with E-state index in [1.54, 1.807) is 0 Å². The molecule has 0 amide bonds. The highest BCUT2D eigenvalue weighted by Crippen LogP contribution is 2.05. The lowest BCUT2D eigenvalue weighted by Crippen LogP contribution is -2.43. The Labute approximate surface area is 152 Å². The van der Waals surface area contributed by atoms with E-state index in [1.165, 1.54) is 83.0 Å². The van der Waals surface area contributed by atoms with Gasteiger partial charge in [-0.2, -0.15) is 0 Å². The highest BCUT2D eigenvalue weighted by molar-refractivity contribution is 5.80. The molecular formula is C21H45N3. The molecule has 0 saturated carbocycles. The monoisotopic (exact) mass is 339 g/mol. The Morgan fingerprint density at radius 2 is 1.17 bits per heavy atom. The summed E-state index contributed by atoms with van der Waals surface area (Å²) in [5, 5.41) is 3.66. The van der Waals surface area contributed by atoms with E-state index in [0.29, 0.717) is 0 Å². The Bertz CT molecular complexity index is 266. The molecule has 0 aromatic carbocycles. The Morgan fingerprint density at radius 1 is 0.667 bits per heavy atom. The number of nitrogens with one attached hydrogen (secondary N) is 1. The number of nitrogens with zero attached hydrogens (tertiary/aromatic N) is 2. The van der Waals surface area contributed by atoms with Crippen molar-refractivity contribution in [3.63, 3.8) is 0 Å². The van der Waals surface area contributed by atoms with Crippen molar-refractivity contribution in [2.24, 2.45) is 4.99 Å². The predicted molar refractivity (Wildman–Crippen MR) is 110 cm³/mol. The fourth-order valence-electron chi connectivity index (χ4n) is 2.82. The number of aliphatic imine (C=N–C) groups is 1. The SMILES string of the molecule is CCCCCN=C(NCCCCC)N(CCCCC)CCCCC. The van der Waals surface area contributed by atoms with Crippen molar-refractivity contribution < 1.29 is 0 Å². The minimum atomic E-state index is 0.974. The van der Waals surface area contributed by atoms with Crippen LogP contribution in [-0.4, -0.2) is 37.0 Å². The first-order valence-electron chi connectivity index (χ1n) is 10.8. The van der Waals surface area contributed by atoms with E-state index in [2.05, 4.69) is 37.9 Å². The summed E-state index contributed by atoms with van der Waals surface area (Å²) in [7, 11) is 0. The van der Waals surface area contributed by atoms with Crippen LogP contribution in [0.5, 0.6) is 0 Å². The van der Waals surface area contributed by atoms with E-state index in [9.17, 15) is 0 Å². The highest BCUT2D eigenvalue weighted by atomic mass is 15.3. The van der Waals surface area contributed by atoms with Gasteiger partial charge in [0.15, 0.2) is 5.96 Å². The minimum absolute atomic E-state index is 0.974. The molecule has 0 unspecified atom stereocenters. The summed E-state index contributed by atoms with van der Waals surface area (Å²) in [5.74, 6) is 1.18. The average Bonchev–Trinajstić information content (AvgIpc) is 2.59. The lowest BCUT2D eigenvalue weighted by Gasteiger charge is -2.27. The van der Waals surface area contributed by atoms with Crippen LogP contribution in [0, 0.1) is 0 Å². The van der Waals surface area contributed by atoms with Crippen molar-refractivity contribution in [1.29, 1.82) is 0 Å². The summed E-state index contributed by atoms with van der Waals surface area (Å²) in [4.78, 5) is 7.48. The van der Waals surface area contributed by atoms with E-state index < -0.39 is 0 Å². The third-order valence-electron chi connectivity index (χ3n) is 4.45. The van der Waals surface area contributed by atoms with Crippen LogP contribution in [0.4, 0.5) is 0 Å². The fraction of sp³-hybridized carbons (Fsp3) is 0.952. The van der Waals surface area contributed by atoms with Gasteiger partial charge in [0.05, 0.1) is 0 Å². The summed E-state index contributed by atoms with van der Waals surface area (Å²) in [6.45, 7) is 13.4. The van der Waals surface area contributed by atoms with Crippen LogP contribution in [-0.2, 0) is 0 Å². The third-order valence-corrected chi connectivity index (χ3v) is 4.45. The fourth-order valence-corrected chi connectivity index (χ4v) is 2.82. The van der Waals surface area contributed by atoms with Gasteiger partial charge in [-0.25, -0.2) is 0 Å². The molecule has 0 saturated heterocycles. The molecule has 24 heavy (non-hydrogen) atoms. The van der Waals surface area contributed by atoms with Crippen LogP contribution >= 0.6 is 0 Å². The number of hydrogen-bond acceptors (Lipinski definition) is 1. The lowest BCUT2D eigenvalue weighted by molar-refractivity contribution is 0.375. The minimum Gasteiger partial charge on any atom is -0.356 e. The number of guanidine groups is 1. The normalized spacial score (nSPS) is 11.8. The summed E-state index contributed by atoms with van der Waals surface area (Å²) in [6.07, 6.45) is 15.4. The van der Waals surface area contributed by atoms with Gasteiger partial charge in [-0.05, 0) is 25.7 Å². The van der Waals surface area contributed by atoms with Gasteiger partial charge in [-0.1, -0.05) is 79.1 Å².